The van der Waals surface area contributed by atoms with E-state index in [0.717, 1.165) is 5.38 Å². The van der Waals surface area contributed by atoms with Gasteiger partial charge in [-0.15, -0.1) is 21.5 Å². The van der Waals surface area contributed by atoms with E-state index in [1.807, 2.05) is 6.92 Å². The number of halogens is 4. The number of thiazole rings is 1. The summed E-state index contributed by atoms with van der Waals surface area (Å²) in [4.78, 5) is 17.2. The van der Waals surface area contributed by atoms with Gasteiger partial charge in [0, 0.05) is 11.9 Å². The number of alkyl halides is 3. The van der Waals surface area contributed by atoms with Crippen LogP contribution < -0.4 is 5.32 Å². The predicted molar refractivity (Wildman–Crippen MR) is 102 cm³/mol. The molecule has 12 heteroatoms. The molecule has 0 bridgehead atoms. The first-order valence-corrected chi connectivity index (χ1v) is 9.69. The van der Waals surface area contributed by atoms with Gasteiger partial charge in [-0.3, -0.25) is 5.32 Å². The van der Waals surface area contributed by atoms with E-state index in [1.165, 1.54) is 4.90 Å². The van der Waals surface area contributed by atoms with Crippen LogP contribution in [0.3, 0.4) is 0 Å². The van der Waals surface area contributed by atoms with Crippen molar-refractivity contribution in [2.24, 2.45) is 0 Å². The van der Waals surface area contributed by atoms with Gasteiger partial charge in [0.25, 0.3) is 0 Å². The van der Waals surface area contributed by atoms with Crippen LogP contribution >= 0.6 is 22.9 Å². The van der Waals surface area contributed by atoms with E-state index in [4.69, 9.17) is 16.0 Å². The first-order valence-electron chi connectivity index (χ1n) is 8.44. The topological polar surface area (TPSA) is 84.2 Å². The van der Waals surface area contributed by atoms with Crippen LogP contribution in [0.1, 0.15) is 24.9 Å². The lowest BCUT2D eigenvalue weighted by atomic mass is 10.2. The summed E-state index contributed by atoms with van der Waals surface area (Å²) in [6, 6.07) is 6.31. The monoisotopic (exact) mass is 445 g/mol. The summed E-state index contributed by atoms with van der Waals surface area (Å²) >= 11 is 6.80. The van der Waals surface area contributed by atoms with Crippen molar-refractivity contribution in [2.45, 2.75) is 26.1 Å². The fourth-order valence-electron chi connectivity index (χ4n) is 2.38. The number of amides is 2. The molecule has 29 heavy (non-hydrogen) atoms. The normalized spacial score (nSPS) is 11.5. The summed E-state index contributed by atoms with van der Waals surface area (Å²) in [5.74, 6) is 0.371. The highest BCUT2D eigenvalue weighted by molar-refractivity contribution is 7.13. The zero-order valence-corrected chi connectivity index (χ0v) is 16.6. The number of nitrogens with zero attached hydrogens (tertiary/aromatic N) is 4. The quantitative estimate of drug-likeness (QED) is 0.556. The standard InChI is InChI=1S/C17H15ClF3N5O2S/c1-2-7-26(16(27)23-15-22-12(9-29-15)17(19,20)21)8-13-24-25-14(28-13)10-5-3-4-6-11(10)18/h3-6,9H,2,7-8H2,1H3,(H,22,23,27). The van der Waals surface area contributed by atoms with Crippen molar-refractivity contribution < 1.29 is 22.4 Å². The van der Waals surface area contributed by atoms with Crippen LogP contribution in [-0.4, -0.2) is 32.7 Å². The van der Waals surface area contributed by atoms with Crippen LogP contribution in [0.2, 0.25) is 5.02 Å². The van der Waals surface area contributed by atoms with E-state index < -0.39 is 17.9 Å². The average Bonchev–Trinajstić information content (AvgIpc) is 3.31. The van der Waals surface area contributed by atoms with Crippen molar-refractivity contribution in [1.29, 1.82) is 0 Å². The van der Waals surface area contributed by atoms with Crippen molar-refractivity contribution in [3.8, 4) is 11.5 Å². The van der Waals surface area contributed by atoms with Gasteiger partial charge in [0.15, 0.2) is 10.8 Å². The Hall–Kier alpha value is -2.66. The molecule has 1 N–H and O–H groups in total. The molecular weight excluding hydrogens is 431 g/mol. The van der Waals surface area contributed by atoms with Gasteiger partial charge in [-0.05, 0) is 18.6 Å². The average molecular weight is 446 g/mol. The van der Waals surface area contributed by atoms with E-state index in [-0.39, 0.29) is 23.5 Å². The van der Waals surface area contributed by atoms with Crippen LogP contribution in [0.15, 0.2) is 34.1 Å². The minimum atomic E-state index is -4.57. The maximum Gasteiger partial charge on any atom is 0.434 e. The lowest BCUT2D eigenvalue weighted by molar-refractivity contribution is -0.140. The van der Waals surface area contributed by atoms with Gasteiger partial charge in [0.05, 0.1) is 10.6 Å². The highest BCUT2D eigenvalue weighted by Crippen LogP contribution is 2.32. The molecule has 0 saturated carbocycles. The van der Waals surface area contributed by atoms with Crippen LogP contribution in [0, 0.1) is 0 Å². The molecule has 3 aromatic rings. The molecule has 0 saturated heterocycles. The highest BCUT2D eigenvalue weighted by Gasteiger charge is 2.34. The molecule has 2 heterocycles. The fraction of sp³-hybridized carbons (Fsp3) is 0.294. The van der Waals surface area contributed by atoms with Gasteiger partial charge >= 0.3 is 12.2 Å². The maximum absolute atomic E-state index is 12.7. The number of urea groups is 1. The molecule has 3 rings (SSSR count). The second kappa shape index (κ2) is 8.78. The number of aromatic nitrogens is 3. The van der Waals surface area contributed by atoms with Gasteiger partial charge < -0.3 is 9.32 Å². The zero-order chi connectivity index (χ0) is 21.0. The predicted octanol–water partition coefficient (Wildman–Crippen LogP) is 5.31. The first kappa shape index (κ1) is 21.1. The van der Waals surface area contributed by atoms with E-state index in [1.54, 1.807) is 24.3 Å². The van der Waals surface area contributed by atoms with E-state index >= 15 is 0 Å². The Bertz CT molecular complexity index is 991. The maximum atomic E-state index is 12.7. The molecule has 7 nitrogen and oxygen atoms in total. The molecule has 1 aromatic carbocycles. The molecule has 0 fully saturated rings. The molecule has 2 amide bonds. The van der Waals surface area contributed by atoms with Crippen molar-refractivity contribution >= 4 is 34.1 Å². The van der Waals surface area contributed by atoms with Crippen molar-refractivity contribution in [3.63, 3.8) is 0 Å². The Labute approximate surface area is 172 Å². The first-order chi connectivity index (χ1) is 13.8. The SMILES string of the molecule is CCCN(Cc1nnc(-c2ccccc2Cl)o1)C(=O)Nc1nc(C(F)(F)F)cs1. The van der Waals surface area contributed by atoms with Crippen molar-refractivity contribution in [1.82, 2.24) is 20.1 Å². The zero-order valence-electron chi connectivity index (χ0n) is 15.0. The molecule has 0 aliphatic rings. The van der Waals surface area contributed by atoms with E-state index in [2.05, 4.69) is 20.5 Å². The van der Waals surface area contributed by atoms with Gasteiger partial charge in [-0.25, -0.2) is 9.78 Å². The van der Waals surface area contributed by atoms with Gasteiger partial charge in [-0.2, -0.15) is 13.2 Å². The third-order valence-corrected chi connectivity index (χ3v) is 4.77. The molecule has 0 unspecified atom stereocenters. The lowest BCUT2D eigenvalue weighted by Gasteiger charge is -2.19. The number of benzene rings is 1. The van der Waals surface area contributed by atoms with E-state index in [0.29, 0.717) is 34.9 Å². The fourth-order valence-corrected chi connectivity index (χ4v) is 3.30. The van der Waals surface area contributed by atoms with E-state index in [9.17, 15) is 18.0 Å². The van der Waals surface area contributed by atoms with Gasteiger partial charge in [-0.1, -0.05) is 30.7 Å². The summed E-state index contributed by atoms with van der Waals surface area (Å²) in [6.45, 7) is 2.16. The van der Waals surface area contributed by atoms with Crippen molar-refractivity contribution in [2.75, 3.05) is 11.9 Å². The van der Waals surface area contributed by atoms with Crippen LogP contribution in [-0.2, 0) is 12.7 Å². The minimum absolute atomic E-state index is 0.0192. The van der Waals surface area contributed by atoms with Crippen LogP contribution in [0.5, 0.6) is 0 Å². The Balaban J connectivity index is 1.71. The number of carbonyl (C=O) groups is 1. The molecule has 0 aliphatic carbocycles. The number of nitrogens with one attached hydrogen (secondary N) is 1. The molecule has 0 aliphatic heterocycles. The molecular formula is C17H15ClF3N5O2S. The Morgan fingerprint density at radius 3 is 2.72 bits per heavy atom. The third kappa shape index (κ3) is 5.24. The van der Waals surface area contributed by atoms with Crippen LogP contribution in [0.4, 0.5) is 23.1 Å². The number of carbonyl (C=O) groups excluding carboxylic acids is 1. The van der Waals surface area contributed by atoms with Gasteiger partial charge in [0.1, 0.15) is 6.54 Å². The minimum Gasteiger partial charge on any atom is -0.419 e. The molecule has 2 aromatic heterocycles. The molecule has 0 spiro atoms. The largest absolute Gasteiger partial charge is 0.434 e. The van der Waals surface area contributed by atoms with Gasteiger partial charge in [0.2, 0.25) is 11.8 Å². The number of hydrogen-bond acceptors (Lipinski definition) is 6. The Morgan fingerprint density at radius 1 is 1.31 bits per heavy atom. The second-order valence-corrected chi connectivity index (χ2v) is 7.13. The smallest absolute Gasteiger partial charge is 0.419 e. The number of rotatable bonds is 6. The van der Waals surface area contributed by atoms with Crippen molar-refractivity contribution in [3.05, 3.63) is 46.3 Å². The number of anilines is 1. The highest BCUT2D eigenvalue weighted by atomic mass is 35.5. The Morgan fingerprint density at radius 2 is 2.07 bits per heavy atom. The summed E-state index contributed by atoms with van der Waals surface area (Å²) in [5.41, 5.74) is -0.497. The summed E-state index contributed by atoms with van der Waals surface area (Å²) in [5, 5.41) is 11.4. The molecule has 0 radical (unpaired) electrons. The molecule has 0 atom stereocenters. The summed E-state index contributed by atoms with van der Waals surface area (Å²) in [6.07, 6.45) is -3.95. The lowest BCUT2D eigenvalue weighted by Crippen LogP contribution is -2.35. The van der Waals surface area contributed by atoms with Crippen LogP contribution in [0.25, 0.3) is 11.5 Å². The second-order valence-electron chi connectivity index (χ2n) is 5.87. The third-order valence-electron chi connectivity index (χ3n) is 3.69. The molecule has 154 valence electrons. The number of hydrogen-bond donors (Lipinski definition) is 1. The Kier molecular flexibility index (Phi) is 6.38. The summed E-state index contributed by atoms with van der Waals surface area (Å²) < 4.78 is 43.6. The summed E-state index contributed by atoms with van der Waals surface area (Å²) in [7, 11) is 0.